The van der Waals surface area contributed by atoms with Crippen LogP contribution in [0.4, 0.5) is 10.5 Å². The van der Waals surface area contributed by atoms with Crippen molar-refractivity contribution in [2.24, 2.45) is 0 Å². The Morgan fingerprint density at radius 1 is 1.00 bits per heavy atom. The van der Waals surface area contributed by atoms with Crippen LogP contribution in [0.25, 0.3) is 0 Å². The number of carboxylic acid groups (broad SMARTS) is 1. The van der Waals surface area contributed by atoms with E-state index < -0.39 is 12.0 Å². The summed E-state index contributed by atoms with van der Waals surface area (Å²) in [6.07, 6.45) is 0.732. The second-order valence-electron chi connectivity index (χ2n) is 5.54. The van der Waals surface area contributed by atoms with Crippen LogP contribution in [-0.4, -0.2) is 37.4 Å². The lowest BCUT2D eigenvalue weighted by Crippen LogP contribution is -2.30. The molecule has 0 aliphatic heterocycles. The van der Waals surface area contributed by atoms with Crippen LogP contribution in [0.2, 0.25) is 0 Å². The Hall–Kier alpha value is -3.06. The zero-order chi connectivity index (χ0) is 18.8. The first-order valence-electron chi connectivity index (χ1n) is 8.19. The Labute approximate surface area is 151 Å². The minimum atomic E-state index is -0.960. The van der Waals surface area contributed by atoms with E-state index in [2.05, 4.69) is 10.6 Å². The fourth-order valence-electron chi connectivity index (χ4n) is 2.14. The molecule has 0 aliphatic carbocycles. The molecule has 2 aromatic rings. The van der Waals surface area contributed by atoms with Gasteiger partial charge in [-0.15, -0.1) is 0 Å². The lowest BCUT2D eigenvalue weighted by atomic mass is 10.1. The number of urea groups is 1. The van der Waals surface area contributed by atoms with E-state index in [-0.39, 0.29) is 13.0 Å². The van der Waals surface area contributed by atoms with Gasteiger partial charge in [-0.2, -0.15) is 0 Å². The van der Waals surface area contributed by atoms with Gasteiger partial charge in [-0.3, -0.25) is 4.79 Å². The van der Waals surface area contributed by atoms with Crippen molar-refractivity contribution in [1.82, 2.24) is 5.32 Å². The van der Waals surface area contributed by atoms with E-state index in [1.54, 1.807) is 31.4 Å². The van der Waals surface area contributed by atoms with Gasteiger partial charge < -0.3 is 25.2 Å². The highest BCUT2D eigenvalue weighted by Gasteiger charge is 2.04. The van der Waals surface area contributed by atoms with Crippen molar-refractivity contribution in [2.45, 2.75) is 12.8 Å². The molecule has 138 valence electrons. The van der Waals surface area contributed by atoms with Crippen LogP contribution in [0.3, 0.4) is 0 Å². The molecule has 0 bridgehead atoms. The van der Waals surface area contributed by atoms with Crippen LogP contribution in [0, 0.1) is 0 Å². The second-order valence-corrected chi connectivity index (χ2v) is 5.54. The van der Waals surface area contributed by atoms with Crippen molar-refractivity contribution in [3.8, 4) is 11.5 Å². The molecule has 0 spiro atoms. The highest BCUT2D eigenvalue weighted by atomic mass is 16.5. The maximum absolute atomic E-state index is 11.6. The molecule has 0 aliphatic rings. The maximum Gasteiger partial charge on any atom is 0.319 e. The number of methoxy groups -OCH3 is 1. The second kappa shape index (κ2) is 10.0. The van der Waals surface area contributed by atoms with E-state index >= 15 is 0 Å². The molecule has 0 radical (unpaired) electrons. The first-order chi connectivity index (χ1) is 12.6. The Kier molecular flexibility index (Phi) is 7.45. The van der Waals surface area contributed by atoms with Crippen LogP contribution in [0.15, 0.2) is 48.5 Å². The van der Waals surface area contributed by atoms with Crippen LogP contribution in [0.5, 0.6) is 11.5 Å². The Bertz CT molecular complexity index is 714. The third kappa shape index (κ3) is 6.82. The predicted octanol–water partition coefficient (Wildman–Crippen LogP) is 3.26. The van der Waals surface area contributed by atoms with Gasteiger partial charge in [0.05, 0.1) is 13.0 Å². The molecule has 7 heteroatoms. The van der Waals surface area contributed by atoms with Crippen molar-refractivity contribution in [3.05, 3.63) is 54.1 Å². The summed E-state index contributed by atoms with van der Waals surface area (Å²) < 4.78 is 10.8. The number of ether oxygens (including phenoxy) is 2. The van der Waals surface area contributed by atoms with Crippen molar-refractivity contribution in [2.75, 3.05) is 25.6 Å². The summed E-state index contributed by atoms with van der Waals surface area (Å²) in [5.41, 5.74) is 1.76. The first-order valence-corrected chi connectivity index (χ1v) is 8.19. The lowest BCUT2D eigenvalue weighted by molar-refractivity contribution is -0.136. The molecule has 7 nitrogen and oxygen atoms in total. The SMILES string of the molecule is COCCc1ccc(Oc2ccc(NC(=O)NCCC(=O)O)cc2)cc1. The molecule has 0 unspecified atom stereocenters. The molecule has 0 saturated carbocycles. The zero-order valence-electron chi connectivity index (χ0n) is 14.5. The monoisotopic (exact) mass is 358 g/mol. The number of carbonyl (C=O) groups excluding carboxylic acids is 1. The Balaban J connectivity index is 1.83. The van der Waals surface area contributed by atoms with Gasteiger partial charge in [-0.25, -0.2) is 4.79 Å². The van der Waals surface area contributed by atoms with Crippen molar-refractivity contribution in [3.63, 3.8) is 0 Å². The molecule has 0 saturated heterocycles. The van der Waals surface area contributed by atoms with Crippen LogP contribution in [0.1, 0.15) is 12.0 Å². The zero-order valence-corrected chi connectivity index (χ0v) is 14.5. The smallest absolute Gasteiger partial charge is 0.319 e. The third-order valence-corrected chi connectivity index (χ3v) is 3.49. The number of hydrogen-bond donors (Lipinski definition) is 3. The number of nitrogens with one attached hydrogen (secondary N) is 2. The quantitative estimate of drug-likeness (QED) is 0.639. The fraction of sp³-hybridized carbons (Fsp3) is 0.263. The third-order valence-electron chi connectivity index (χ3n) is 3.49. The number of benzene rings is 2. The maximum atomic E-state index is 11.6. The van der Waals surface area contributed by atoms with Gasteiger partial charge in [0.25, 0.3) is 0 Å². The number of carboxylic acids is 1. The van der Waals surface area contributed by atoms with E-state index in [0.29, 0.717) is 18.0 Å². The average molecular weight is 358 g/mol. The van der Waals surface area contributed by atoms with Crippen LogP contribution >= 0.6 is 0 Å². The highest BCUT2D eigenvalue weighted by Crippen LogP contribution is 2.23. The molecule has 0 fully saturated rings. The molecule has 2 aromatic carbocycles. The number of hydrogen-bond acceptors (Lipinski definition) is 4. The molecule has 3 N–H and O–H groups in total. The van der Waals surface area contributed by atoms with Crippen molar-refractivity contribution >= 4 is 17.7 Å². The number of carbonyl (C=O) groups is 2. The topological polar surface area (TPSA) is 96.9 Å². The first kappa shape index (κ1) is 19.3. The van der Waals surface area contributed by atoms with E-state index in [0.717, 1.165) is 12.2 Å². The number of aliphatic carboxylic acids is 1. The summed E-state index contributed by atoms with van der Waals surface area (Å²) in [6, 6.07) is 14.2. The van der Waals surface area contributed by atoms with Gasteiger partial charge in [0.15, 0.2) is 0 Å². The number of amides is 2. The molecule has 2 rings (SSSR count). The van der Waals surface area contributed by atoms with Crippen LogP contribution in [-0.2, 0) is 16.0 Å². The molecule has 0 atom stereocenters. The Morgan fingerprint density at radius 3 is 2.19 bits per heavy atom. The standard InChI is InChI=1S/C19H22N2O5/c1-25-13-11-14-2-6-16(7-3-14)26-17-8-4-15(5-9-17)21-19(24)20-12-10-18(22)23/h2-9H,10-13H2,1H3,(H,22,23)(H2,20,21,24). The van der Waals surface area contributed by atoms with Gasteiger partial charge in [0.1, 0.15) is 11.5 Å². The van der Waals surface area contributed by atoms with E-state index in [1.807, 2.05) is 24.3 Å². The van der Waals surface area contributed by atoms with E-state index in [9.17, 15) is 9.59 Å². The summed E-state index contributed by atoms with van der Waals surface area (Å²) in [7, 11) is 1.68. The average Bonchev–Trinajstić information content (AvgIpc) is 2.62. The van der Waals surface area contributed by atoms with Gasteiger partial charge >= 0.3 is 12.0 Å². The van der Waals surface area contributed by atoms with Gasteiger partial charge in [0, 0.05) is 19.3 Å². The van der Waals surface area contributed by atoms with Gasteiger partial charge in [-0.05, 0) is 48.4 Å². The van der Waals surface area contributed by atoms with E-state index in [1.165, 1.54) is 5.56 Å². The molecule has 0 aromatic heterocycles. The van der Waals surface area contributed by atoms with E-state index in [4.69, 9.17) is 14.6 Å². The number of anilines is 1. The number of rotatable bonds is 9. The normalized spacial score (nSPS) is 10.2. The molecular weight excluding hydrogens is 336 g/mol. The Morgan fingerprint density at radius 2 is 1.62 bits per heavy atom. The minimum absolute atomic E-state index is 0.0722. The highest BCUT2D eigenvalue weighted by molar-refractivity contribution is 5.89. The van der Waals surface area contributed by atoms with Crippen molar-refractivity contribution in [1.29, 1.82) is 0 Å². The summed E-state index contributed by atoms with van der Waals surface area (Å²) in [5, 5.41) is 13.6. The molecular formula is C19H22N2O5. The largest absolute Gasteiger partial charge is 0.481 e. The fourth-order valence-corrected chi connectivity index (χ4v) is 2.14. The molecule has 2 amide bonds. The lowest BCUT2D eigenvalue weighted by Gasteiger charge is -2.09. The molecule has 26 heavy (non-hydrogen) atoms. The van der Waals surface area contributed by atoms with Gasteiger partial charge in [0.2, 0.25) is 0 Å². The predicted molar refractivity (Wildman–Crippen MR) is 97.8 cm³/mol. The molecule has 0 heterocycles. The summed E-state index contributed by atoms with van der Waals surface area (Å²) in [5.74, 6) is 0.406. The summed E-state index contributed by atoms with van der Waals surface area (Å²) in [6.45, 7) is 0.751. The summed E-state index contributed by atoms with van der Waals surface area (Å²) >= 11 is 0. The minimum Gasteiger partial charge on any atom is -0.481 e. The summed E-state index contributed by atoms with van der Waals surface area (Å²) in [4.78, 5) is 22.0. The van der Waals surface area contributed by atoms with Crippen molar-refractivity contribution < 1.29 is 24.2 Å². The van der Waals surface area contributed by atoms with Crippen LogP contribution < -0.4 is 15.4 Å². The van der Waals surface area contributed by atoms with Gasteiger partial charge in [-0.1, -0.05) is 12.1 Å².